The zero-order valence-corrected chi connectivity index (χ0v) is 11.6. The smallest absolute Gasteiger partial charge is 0.221 e. The highest BCUT2D eigenvalue weighted by atomic mass is 16.1. The SMILES string of the molecule is CC(N)CC(=O)NCCc1nnc2n1CCCCC2. The van der Waals surface area contributed by atoms with Gasteiger partial charge in [-0.25, -0.2) is 0 Å². The number of carbonyl (C=O) groups excluding carboxylic acids is 1. The van der Waals surface area contributed by atoms with Gasteiger partial charge < -0.3 is 15.6 Å². The van der Waals surface area contributed by atoms with Gasteiger partial charge in [0.15, 0.2) is 0 Å². The summed E-state index contributed by atoms with van der Waals surface area (Å²) in [5, 5.41) is 11.4. The van der Waals surface area contributed by atoms with Crippen molar-refractivity contribution in [3.05, 3.63) is 11.6 Å². The molecule has 1 amide bonds. The van der Waals surface area contributed by atoms with Gasteiger partial charge in [-0.2, -0.15) is 0 Å². The lowest BCUT2D eigenvalue weighted by Gasteiger charge is -2.08. The second-order valence-corrected chi connectivity index (χ2v) is 5.28. The minimum Gasteiger partial charge on any atom is -0.356 e. The van der Waals surface area contributed by atoms with E-state index in [9.17, 15) is 4.79 Å². The van der Waals surface area contributed by atoms with Crippen LogP contribution in [0, 0.1) is 0 Å². The van der Waals surface area contributed by atoms with E-state index >= 15 is 0 Å². The van der Waals surface area contributed by atoms with Crippen molar-refractivity contribution in [2.75, 3.05) is 6.54 Å². The maximum Gasteiger partial charge on any atom is 0.221 e. The molecule has 0 fully saturated rings. The Kier molecular flexibility index (Phi) is 4.90. The fourth-order valence-electron chi connectivity index (χ4n) is 2.41. The van der Waals surface area contributed by atoms with E-state index in [1.54, 1.807) is 0 Å². The molecule has 0 spiro atoms. The van der Waals surface area contributed by atoms with Crippen LogP contribution in [0.15, 0.2) is 0 Å². The largest absolute Gasteiger partial charge is 0.356 e. The number of nitrogens with two attached hydrogens (primary N) is 1. The molecule has 0 bridgehead atoms. The predicted octanol–water partition coefficient (Wildman–Crippen LogP) is 0.401. The first-order chi connectivity index (χ1) is 9.16. The lowest BCUT2D eigenvalue weighted by molar-refractivity contribution is -0.121. The highest BCUT2D eigenvalue weighted by Crippen LogP contribution is 2.14. The number of rotatable bonds is 5. The van der Waals surface area contributed by atoms with E-state index in [1.165, 1.54) is 19.3 Å². The highest BCUT2D eigenvalue weighted by molar-refractivity contribution is 5.76. The molecule has 1 atom stereocenters. The first-order valence-corrected chi connectivity index (χ1v) is 7.10. The number of aromatic nitrogens is 3. The van der Waals surface area contributed by atoms with Gasteiger partial charge in [-0.15, -0.1) is 10.2 Å². The number of nitrogens with one attached hydrogen (secondary N) is 1. The van der Waals surface area contributed by atoms with Crippen LogP contribution in [0.4, 0.5) is 0 Å². The van der Waals surface area contributed by atoms with Crippen molar-refractivity contribution in [1.82, 2.24) is 20.1 Å². The summed E-state index contributed by atoms with van der Waals surface area (Å²) < 4.78 is 2.21. The maximum absolute atomic E-state index is 11.5. The van der Waals surface area contributed by atoms with Gasteiger partial charge in [0.25, 0.3) is 0 Å². The van der Waals surface area contributed by atoms with E-state index in [1.807, 2.05) is 6.92 Å². The molecule has 2 heterocycles. The third kappa shape index (κ3) is 4.02. The van der Waals surface area contributed by atoms with E-state index < -0.39 is 0 Å². The van der Waals surface area contributed by atoms with E-state index in [4.69, 9.17) is 5.73 Å². The van der Waals surface area contributed by atoms with Gasteiger partial charge in [-0.05, 0) is 19.8 Å². The molecule has 0 radical (unpaired) electrons. The lowest BCUT2D eigenvalue weighted by atomic mass is 10.2. The summed E-state index contributed by atoms with van der Waals surface area (Å²) in [6.45, 7) is 3.44. The van der Waals surface area contributed by atoms with Crippen molar-refractivity contribution in [2.24, 2.45) is 5.73 Å². The molecule has 19 heavy (non-hydrogen) atoms. The standard InChI is InChI=1S/C13H23N5O/c1-10(14)9-13(19)15-7-6-12-17-16-11-5-3-2-4-8-18(11)12/h10H,2-9,14H2,1H3,(H,15,19). The number of aryl methyl sites for hydroxylation is 1. The van der Waals surface area contributed by atoms with Crippen LogP contribution in [0.3, 0.4) is 0 Å². The van der Waals surface area contributed by atoms with Gasteiger partial charge in [0.05, 0.1) is 0 Å². The van der Waals surface area contributed by atoms with Crippen LogP contribution < -0.4 is 11.1 Å². The fourth-order valence-corrected chi connectivity index (χ4v) is 2.41. The molecule has 1 aromatic rings. The van der Waals surface area contributed by atoms with Crippen LogP contribution in [0.1, 0.15) is 44.3 Å². The molecule has 1 aliphatic rings. The second kappa shape index (κ2) is 6.65. The molecular weight excluding hydrogens is 242 g/mol. The molecule has 6 nitrogen and oxygen atoms in total. The topological polar surface area (TPSA) is 85.8 Å². The van der Waals surface area contributed by atoms with Crippen LogP contribution >= 0.6 is 0 Å². The van der Waals surface area contributed by atoms with Gasteiger partial charge in [0.2, 0.25) is 5.91 Å². The first kappa shape index (κ1) is 14.0. The summed E-state index contributed by atoms with van der Waals surface area (Å²) in [7, 11) is 0. The Labute approximate surface area is 113 Å². The molecule has 1 unspecified atom stereocenters. The van der Waals surface area contributed by atoms with Crippen molar-refractivity contribution in [3.8, 4) is 0 Å². The third-order valence-electron chi connectivity index (χ3n) is 3.36. The number of amides is 1. The Morgan fingerprint density at radius 2 is 2.26 bits per heavy atom. The van der Waals surface area contributed by atoms with Crippen LogP contribution in [0.25, 0.3) is 0 Å². The molecule has 0 aliphatic carbocycles. The summed E-state index contributed by atoms with van der Waals surface area (Å²) in [6, 6.07) is -0.0932. The molecular formula is C13H23N5O. The van der Waals surface area contributed by atoms with Crippen molar-refractivity contribution in [2.45, 2.75) is 58.0 Å². The van der Waals surface area contributed by atoms with Crippen molar-refractivity contribution >= 4 is 5.91 Å². The Hall–Kier alpha value is -1.43. The summed E-state index contributed by atoms with van der Waals surface area (Å²) in [4.78, 5) is 11.5. The molecule has 6 heteroatoms. The fraction of sp³-hybridized carbons (Fsp3) is 0.769. The number of nitrogens with zero attached hydrogens (tertiary/aromatic N) is 3. The van der Waals surface area contributed by atoms with Crippen LogP contribution in [-0.4, -0.2) is 33.3 Å². The van der Waals surface area contributed by atoms with E-state index in [0.717, 1.165) is 31.0 Å². The average Bonchev–Trinajstić information content (AvgIpc) is 2.58. The summed E-state index contributed by atoms with van der Waals surface area (Å²) in [5.41, 5.74) is 5.58. The maximum atomic E-state index is 11.5. The van der Waals surface area contributed by atoms with E-state index in [-0.39, 0.29) is 11.9 Å². The molecule has 106 valence electrons. The summed E-state index contributed by atoms with van der Waals surface area (Å²) >= 11 is 0. The van der Waals surface area contributed by atoms with Crippen LogP contribution in [-0.2, 0) is 24.2 Å². The van der Waals surface area contributed by atoms with Gasteiger partial charge >= 0.3 is 0 Å². The van der Waals surface area contributed by atoms with Crippen LogP contribution in [0.5, 0.6) is 0 Å². The van der Waals surface area contributed by atoms with Crippen molar-refractivity contribution in [3.63, 3.8) is 0 Å². The molecule has 1 aromatic heterocycles. The first-order valence-electron chi connectivity index (χ1n) is 7.10. The number of hydrogen-bond acceptors (Lipinski definition) is 4. The molecule has 0 saturated carbocycles. The monoisotopic (exact) mass is 265 g/mol. The third-order valence-corrected chi connectivity index (χ3v) is 3.36. The van der Waals surface area contributed by atoms with Gasteiger partial charge in [0.1, 0.15) is 11.6 Å². The normalized spacial score (nSPS) is 16.5. The average molecular weight is 265 g/mol. The molecule has 2 rings (SSSR count). The van der Waals surface area contributed by atoms with Gasteiger partial charge in [-0.1, -0.05) is 6.42 Å². The number of carbonyl (C=O) groups is 1. The van der Waals surface area contributed by atoms with Gasteiger partial charge in [-0.3, -0.25) is 4.79 Å². The minimum atomic E-state index is -0.0932. The summed E-state index contributed by atoms with van der Waals surface area (Å²) in [6.07, 6.45) is 5.77. The highest BCUT2D eigenvalue weighted by Gasteiger charge is 2.14. The predicted molar refractivity (Wildman–Crippen MR) is 72.6 cm³/mol. The zero-order valence-electron chi connectivity index (χ0n) is 11.6. The van der Waals surface area contributed by atoms with Crippen molar-refractivity contribution in [1.29, 1.82) is 0 Å². The molecule has 1 aliphatic heterocycles. The van der Waals surface area contributed by atoms with Crippen LogP contribution in [0.2, 0.25) is 0 Å². The van der Waals surface area contributed by atoms with E-state index in [0.29, 0.717) is 13.0 Å². The molecule has 0 aromatic carbocycles. The minimum absolute atomic E-state index is 0.00519. The molecule has 3 N–H and O–H groups in total. The second-order valence-electron chi connectivity index (χ2n) is 5.28. The Morgan fingerprint density at radius 1 is 1.42 bits per heavy atom. The Bertz CT molecular complexity index is 427. The van der Waals surface area contributed by atoms with Gasteiger partial charge in [0, 0.05) is 38.4 Å². The summed E-state index contributed by atoms with van der Waals surface area (Å²) in [5.74, 6) is 2.08. The quantitative estimate of drug-likeness (QED) is 0.807. The Balaban J connectivity index is 1.83. The number of fused-ring (bicyclic) bond motifs is 1. The van der Waals surface area contributed by atoms with Crippen molar-refractivity contribution < 1.29 is 4.79 Å². The zero-order chi connectivity index (χ0) is 13.7. The Morgan fingerprint density at radius 3 is 3.05 bits per heavy atom. The number of hydrogen-bond donors (Lipinski definition) is 2. The van der Waals surface area contributed by atoms with E-state index in [2.05, 4.69) is 20.1 Å². The molecule has 0 saturated heterocycles. The lowest BCUT2D eigenvalue weighted by Crippen LogP contribution is -2.31.